The van der Waals surface area contributed by atoms with Crippen molar-refractivity contribution in [2.24, 2.45) is 11.3 Å². The predicted octanol–water partition coefficient (Wildman–Crippen LogP) is 4.23. The zero-order valence-corrected chi connectivity index (χ0v) is 16.0. The molecule has 0 aromatic heterocycles. The quantitative estimate of drug-likeness (QED) is 0.614. The van der Waals surface area contributed by atoms with Gasteiger partial charge >= 0.3 is 0 Å². The summed E-state index contributed by atoms with van der Waals surface area (Å²) in [6.45, 7) is 0. The third-order valence-electron chi connectivity index (χ3n) is 4.20. The minimum Gasteiger partial charge on any atom is -0.229 e. The van der Waals surface area contributed by atoms with Gasteiger partial charge in [-0.1, -0.05) is 55.6 Å². The van der Waals surface area contributed by atoms with Gasteiger partial charge in [0.2, 0.25) is 0 Å². The van der Waals surface area contributed by atoms with Gasteiger partial charge in [-0.3, -0.25) is 0 Å². The number of benzene rings is 1. The summed E-state index contributed by atoms with van der Waals surface area (Å²) in [5.41, 5.74) is 0.431. The Hall–Kier alpha value is 0.350. The Morgan fingerprint density at radius 3 is 2.52 bits per heavy atom. The second-order valence-corrected chi connectivity index (χ2v) is 9.35. The van der Waals surface area contributed by atoms with E-state index in [0.717, 1.165) is 5.56 Å². The third kappa shape index (κ3) is 3.82. The summed E-state index contributed by atoms with van der Waals surface area (Å²) in [6, 6.07) is 4.76. The van der Waals surface area contributed by atoms with Crippen molar-refractivity contribution in [3.63, 3.8) is 0 Å². The average Bonchev–Trinajstić information content (AvgIpc) is 2.81. The number of alkyl halides is 2. The fourth-order valence-corrected chi connectivity index (χ4v) is 7.21. The largest absolute Gasteiger partial charge is 0.229 e. The van der Waals surface area contributed by atoms with Crippen LogP contribution in [0.5, 0.6) is 0 Å². The molecule has 2 nitrogen and oxygen atoms in total. The lowest BCUT2D eigenvalue weighted by Crippen LogP contribution is -2.37. The first-order chi connectivity index (χ1) is 9.83. The van der Waals surface area contributed by atoms with Crippen LogP contribution in [0.15, 0.2) is 18.2 Å². The van der Waals surface area contributed by atoms with Gasteiger partial charge in [-0.25, -0.2) is 12.8 Å². The molecule has 21 heavy (non-hydrogen) atoms. The Morgan fingerprint density at radius 1 is 1.33 bits per heavy atom. The van der Waals surface area contributed by atoms with Crippen LogP contribution in [-0.4, -0.2) is 30.6 Å². The molecule has 1 aromatic carbocycles. The predicted molar refractivity (Wildman–Crippen MR) is 91.9 cm³/mol. The summed E-state index contributed by atoms with van der Waals surface area (Å²) in [5, 5.41) is 1.40. The highest BCUT2D eigenvalue weighted by atomic mass is 79.9. The molecule has 0 aliphatic carbocycles. The molecule has 1 aliphatic rings. The van der Waals surface area contributed by atoms with E-state index in [1.54, 1.807) is 12.1 Å². The summed E-state index contributed by atoms with van der Waals surface area (Å²) < 4.78 is 37.2. The lowest BCUT2D eigenvalue weighted by Gasteiger charge is -2.36. The number of rotatable bonds is 5. The normalized spacial score (nSPS) is 21.6. The molecule has 0 N–H and O–H groups in total. The Bertz CT molecular complexity index is 617. The second-order valence-electron chi connectivity index (χ2n) is 5.62. The highest BCUT2D eigenvalue weighted by Crippen LogP contribution is 2.43. The van der Waals surface area contributed by atoms with E-state index in [1.165, 1.54) is 6.07 Å². The van der Waals surface area contributed by atoms with Gasteiger partial charge in [0, 0.05) is 10.7 Å². The number of halogens is 4. The van der Waals surface area contributed by atoms with Crippen molar-refractivity contribution in [1.29, 1.82) is 0 Å². The number of sulfone groups is 1. The van der Waals surface area contributed by atoms with Crippen molar-refractivity contribution in [1.82, 2.24) is 0 Å². The topological polar surface area (TPSA) is 34.1 Å². The first-order valence-electron chi connectivity index (χ1n) is 6.59. The molecule has 118 valence electrons. The van der Waals surface area contributed by atoms with Crippen LogP contribution in [0.3, 0.4) is 0 Å². The molecule has 1 aliphatic heterocycles. The zero-order chi connectivity index (χ0) is 15.7. The highest BCUT2D eigenvalue weighted by Gasteiger charge is 2.43. The van der Waals surface area contributed by atoms with Gasteiger partial charge < -0.3 is 0 Å². The molecule has 1 atom stereocenters. The van der Waals surface area contributed by atoms with E-state index in [0.29, 0.717) is 23.5 Å². The molecule has 1 saturated heterocycles. The Balaban J connectivity index is 2.32. The lowest BCUT2D eigenvalue weighted by molar-refractivity contribution is 0.253. The van der Waals surface area contributed by atoms with E-state index in [9.17, 15) is 12.8 Å². The van der Waals surface area contributed by atoms with Gasteiger partial charge in [0.1, 0.15) is 5.82 Å². The summed E-state index contributed by atoms with van der Waals surface area (Å²) in [6.07, 6.45) is 1.19. The minimum atomic E-state index is -2.96. The lowest BCUT2D eigenvalue weighted by atomic mass is 9.74. The number of hydrogen-bond acceptors (Lipinski definition) is 2. The molecule has 2 rings (SSSR count). The molecule has 0 spiro atoms. The van der Waals surface area contributed by atoms with Gasteiger partial charge in [-0.05, 0) is 35.8 Å². The van der Waals surface area contributed by atoms with Crippen molar-refractivity contribution in [2.75, 3.05) is 22.2 Å². The van der Waals surface area contributed by atoms with Gasteiger partial charge in [0.25, 0.3) is 0 Å². The van der Waals surface area contributed by atoms with Crippen LogP contribution in [0.1, 0.15) is 12.0 Å². The van der Waals surface area contributed by atoms with Crippen LogP contribution >= 0.6 is 43.5 Å². The standard InChI is InChI=1S/C14H16Br2ClFO2S/c15-8-14(9-16,11-4-5-21(19,20)7-11)6-10-2-1-3-12(18)13(10)17/h1-3,11H,4-9H2. The SMILES string of the molecule is O=S1(=O)CCC(C(CBr)(CBr)Cc2cccc(F)c2Cl)C1. The summed E-state index contributed by atoms with van der Waals surface area (Å²) >= 11 is 13.1. The molecule has 0 amide bonds. The molecule has 0 saturated carbocycles. The second kappa shape index (κ2) is 6.85. The van der Waals surface area contributed by atoms with Gasteiger partial charge in [-0.2, -0.15) is 0 Å². The van der Waals surface area contributed by atoms with Gasteiger partial charge in [0.15, 0.2) is 9.84 Å². The Morgan fingerprint density at radius 2 is 2.00 bits per heavy atom. The average molecular weight is 463 g/mol. The smallest absolute Gasteiger partial charge is 0.150 e. The molecular formula is C14H16Br2ClFO2S. The van der Waals surface area contributed by atoms with Crippen LogP contribution in [0.4, 0.5) is 4.39 Å². The van der Waals surface area contributed by atoms with Crippen LogP contribution < -0.4 is 0 Å². The third-order valence-corrected chi connectivity index (χ3v) is 8.63. The minimum absolute atomic E-state index is 0.0422. The maximum absolute atomic E-state index is 13.6. The van der Waals surface area contributed by atoms with Gasteiger partial charge in [0.05, 0.1) is 16.5 Å². The molecule has 1 aromatic rings. The molecule has 1 heterocycles. The van der Waals surface area contributed by atoms with Crippen LogP contribution in [-0.2, 0) is 16.3 Å². The zero-order valence-electron chi connectivity index (χ0n) is 11.3. The van der Waals surface area contributed by atoms with E-state index in [4.69, 9.17) is 11.6 Å². The highest BCUT2D eigenvalue weighted by molar-refractivity contribution is 9.09. The fourth-order valence-electron chi connectivity index (χ4n) is 2.84. The molecule has 0 radical (unpaired) electrons. The van der Waals surface area contributed by atoms with Crippen LogP contribution in [0.25, 0.3) is 0 Å². The van der Waals surface area contributed by atoms with Crippen molar-refractivity contribution < 1.29 is 12.8 Å². The number of hydrogen-bond donors (Lipinski definition) is 0. The Labute approximate surface area is 146 Å². The van der Waals surface area contributed by atoms with E-state index in [1.807, 2.05) is 0 Å². The molecule has 1 unspecified atom stereocenters. The molecule has 1 fully saturated rings. The molecule has 7 heteroatoms. The molecule has 0 bridgehead atoms. The van der Waals surface area contributed by atoms with Crippen LogP contribution in [0, 0.1) is 17.2 Å². The summed E-state index contributed by atoms with van der Waals surface area (Å²) in [7, 11) is -2.96. The van der Waals surface area contributed by atoms with Gasteiger partial charge in [-0.15, -0.1) is 0 Å². The molecular weight excluding hydrogens is 446 g/mol. The van der Waals surface area contributed by atoms with E-state index in [-0.39, 0.29) is 27.9 Å². The van der Waals surface area contributed by atoms with E-state index < -0.39 is 15.7 Å². The first kappa shape index (κ1) is 17.7. The van der Waals surface area contributed by atoms with Crippen LogP contribution in [0.2, 0.25) is 5.02 Å². The Kier molecular flexibility index (Phi) is 5.77. The van der Waals surface area contributed by atoms with E-state index in [2.05, 4.69) is 31.9 Å². The summed E-state index contributed by atoms with van der Waals surface area (Å²) in [5.74, 6) is 0.0276. The first-order valence-corrected chi connectivity index (χ1v) is 11.0. The monoisotopic (exact) mass is 460 g/mol. The van der Waals surface area contributed by atoms with Crippen molar-refractivity contribution in [2.45, 2.75) is 12.8 Å². The maximum atomic E-state index is 13.6. The van der Waals surface area contributed by atoms with E-state index >= 15 is 0 Å². The van der Waals surface area contributed by atoms with Crippen molar-refractivity contribution in [3.8, 4) is 0 Å². The maximum Gasteiger partial charge on any atom is 0.150 e. The fraction of sp³-hybridized carbons (Fsp3) is 0.571. The van der Waals surface area contributed by atoms with Crippen molar-refractivity contribution in [3.05, 3.63) is 34.6 Å². The van der Waals surface area contributed by atoms with Crippen molar-refractivity contribution >= 4 is 53.3 Å². The summed E-state index contributed by atoms with van der Waals surface area (Å²) in [4.78, 5) is 0.